The minimum atomic E-state index is -0.410. The molecule has 2 N–H and O–H groups in total. The molecule has 0 radical (unpaired) electrons. The number of carbonyl (C=O) groups is 1. The second kappa shape index (κ2) is 7.22. The van der Waals surface area contributed by atoms with Gasteiger partial charge in [0.05, 0.1) is 5.69 Å². The third-order valence-corrected chi connectivity index (χ3v) is 4.13. The maximum absolute atomic E-state index is 12.2. The summed E-state index contributed by atoms with van der Waals surface area (Å²) in [5, 5.41) is 18.5. The summed E-state index contributed by atoms with van der Waals surface area (Å²) in [4.78, 5) is 12.2. The lowest BCUT2D eigenvalue weighted by Gasteiger charge is -2.10. The molecule has 2 heterocycles. The van der Waals surface area contributed by atoms with Crippen LogP contribution >= 0.6 is 23.2 Å². The van der Waals surface area contributed by atoms with Crippen LogP contribution in [0, 0.1) is 0 Å². The molecule has 4 rings (SSSR count). The molecule has 0 fully saturated rings. The molecular formula is C18H12Cl2N6O. The predicted molar refractivity (Wildman–Crippen MR) is 105 cm³/mol. The quantitative estimate of drug-likeness (QED) is 0.521. The van der Waals surface area contributed by atoms with E-state index in [1.54, 1.807) is 28.8 Å². The number of nitrogens with zero attached hydrogens (tertiary/aromatic N) is 4. The molecule has 0 aliphatic heterocycles. The first-order valence-electron chi connectivity index (χ1n) is 7.88. The number of urea groups is 1. The Kier molecular flexibility index (Phi) is 4.62. The molecule has 2 aromatic carbocycles. The third kappa shape index (κ3) is 3.99. The smallest absolute Gasteiger partial charge is 0.308 e. The average Bonchev–Trinajstić information content (AvgIpc) is 3.08. The van der Waals surface area contributed by atoms with Crippen LogP contribution < -0.4 is 10.6 Å². The van der Waals surface area contributed by atoms with Gasteiger partial charge >= 0.3 is 6.03 Å². The van der Waals surface area contributed by atoms with Gasteiger partial charge in [-0.15, -0.1) is 10.2 Å². The Morgan fingerprint density at radius 2 is 1.70 bits per heavy atom. The molecule has 0 aliphatic carbocycles. The maximum atomic E-state index is 12.2. The molecular weight excluding hydrogens is 387 g/mol. The zero-order valence-electron chi connectivity index (χ0n) is 13.7. The van der Waals surface area contributed by atoms with Crippen molar-refractivity contribution in [1.82, 2.24) is 19.8 Å². The van der Waals surface area contributed by atoms with Gasteiger partial charge in [-0.3, -0.25) is 0 Å². The standard InChI is InChI=1S/C18H12Cl2N6O/c19-12-7-13(20)9-15(8-12)23-18(27)22-14-3-1-2-11(6-14)16-4-5-17-24-21-10-26(17)25-16/h1-10H,(H2,22,23,27). The second-order valence-electron chi connectivity index (χ2n) is 5.67. The van der Waals surface area contributed by atoms with Crippen molar-refractivity contribution in [1.29, 1.82) is 0 Å². The molecule has 4 aromatic rings. The molecule has 0 spiro atoms. The number of aromatic nitrogens is 4. The zero-order valence-corrected chi connectivity index (χ0v) is 15.2. The highest BCUT2D eigenvalue weighted by Gasteiger charge is 2.07. The molecule has 0 aliphatic rings. The molecule has 134 valence electrons. The fourth-order valence-electron chi connectivity index (χ4n) is 2.56. The number of hydrogen-bond donors (Lipinski definition) is 2. The van der Waals surface area contributed by atoms with Crippen LogP contribution in [0.15, 0.2) is 60.9 Å². The molecule has 0 saturated heterocycles. The summed E-state index contributed by atoms with van der Waals surface area (Å²) in [6.45, 7) is 0. The fourth-order valence-corrected chi connectivity index (χ4v) is 3.08. The van der Waals surface area contributed by atoms with Crippen LogP contribution in [-0.2, 0) is 0 Å². The average molecular weight is 399 g/mol. The number of benzene rings is 2. The van der Waals surface area contributed by atoms with E-state index >= 15 is 0 Å². The Morgan fingerprint density at radius 1 is 0.926 bits per heavy atom. The molecule has 0 atom stereocenters. The highest BCUT2D eigenvalue weighted by atomic mass is 35.5. The first-order valence-corrected chi connectivity index (χ1v) is 8.64. The molecule has 2 amide bonds. The van der Waals surface area contributed by atoms with Gasteiger partial charge in [-0.1, -0.05) is 35.3 Å². The minimum Gasteiger partial charge on any atom is -0.308 e. The molecule has 7 nitrogen and oxygen atoms in total. The molecule has 0 unspecified atom stereocenters. The summed E-state index contributed by atoms with van der Waals surface area (Å²) in [6, 6.07) is 15.4. The van der Waals surface area contributed by atoms with E-state index in [2.05, 4.69) is 25.9 Å². The van der Waals surface area contributed by atoms with Crippen LogP contribution in [-0.4, -0.2) is 25.8 Å². The van der Waals surface area contributed by atoms with Crippen molar-refractivity contribution in [2.75, 3.05) is 10.6 Å². The van der Waals surface area contributed by atoms with Gasteiger partial charge in [-0.05, 0) is 42.5 Å². The predicted octanol–water partition coefficient (Wildman–Crippen LogP) is 4.74. The van der Waals surface area contributed by atoms with Gasteiger partial charge in [-0.2, -0.15) is 9.61 Å². The van der Waals surface area contributed by atoms with Crippen LogP contribution in [0.1, 0.15) is 0 Å². The van der Waals surface area contributed by atoms with Crippen LogP contribution in [0.25, 0.3) is 16.9 Å². The van der Waals surface area contributed by atoms with Crippen LogP contribution in [0.5, 0.6) is 0 Å². The Hall–Kier alpha value is -3.16. The number of amides is 2. The first-order chi connectivity index (χ1) is 13.1. The number of rotatable bonds is 3. The molecule has 27 heavy (non-hydrogen) atoms. The van der Waals surface area contributed by atoms with Crippen molar-refractivity contribution in [3.63, 3.8) is 0 Å². The lowest BCUT2D eigenvalue weighted by atomic mass is 10.1. The number of nitrogens with one attached hydrogen (secondary N) is 2. The summed E-state index contributed by atoms with van der Waals surface area (Å²) in [5.74, 6) is 0. The van der Waals surface area contributed by atoms with E-state index < -0.39 is 6.03 Å². The van der Waals surface area contributed by atoms with E-state index in [9.17, 15) is 4.79 Å². The van der Waals surface area contributed by atoms with Crippen LogP contribution in [0.2, 0.25) is 10.0 Å². The van der Waals surface area contributed by atoms with E-state index in [1.807, 2.05) is 30.3 Å². The topological polar surface area (TPSA) is 84.2 Å². The summed E-state index contributed by atoms with van der Waals surface area (Å²) in [6.07, 6.45) is 1.53. The number of hydrogen-bond acceptors (Lipinski definition) is 4. The van der Waals surface area contributed by atoms with E-state index in [4.69, 9.17) is 23.2 Å². The van der Waals surface area contributed by atoms with Crippen molar-refractivity contribution in [3.05, 3.63) is 71.0 Å². The van der Waals surface area contributed by atoms with Gasteiger partial charge < -0.3 is 10.6 Å². The summed E-state index contributed by atoms with van der Waals surface area (Å²) < 4.78 is 1.59. The molecule has 2 aromatic heterocycles. The van der Waals surface area contributed by atoms with Crippen molar-refractivity contribution >= 4 is 46.3 Å². The number of fused-ring (bicyclic) bond motifs is 1. The van der Waals surface area contributed by atoms with Crippen molar-refractivity contribution in [3.8, 4) is 11.3 Å². The van der Waals surface area contributed by atoms with Gasteiger partial charge in [0, 0.05) is 27.0 Å². The third-order valence-electron chi connectivity index (χ3n) is 3.70. The van der Waals surface area contributed by atoms with Crippen LogP contribution in [0.4, 0.5) is 16.2 Å². The fraction of sp³-hybridized carbons (Fsp3) is 0. The molecule has 0 bridgehead atoms. The summed E-state index contributed by atoms with van der Waals surface area (Å²) in [5.41, 5.74) is 3.35. The highest BCUT2D eigenvalue weighted by molar-refractivity contribution is 6.35. The molecule has 9 heteroatoms. The van der Waals surface area contributed by atoms with E-state index in [0.717, 1.165) is 11.3 Å². The van der Waals surface area contributed by atoms with E-state index in [0.29, 0.717) is 27.1 Å². The van der Waals surface area contributed by atoms with Crippen LogP contribution in [0.3, 0.4) is 0 Å². The maximum Gasteiger partial charge on any atom is 0.323 e. The Bertz CT molecular complexity index is 1120. The van der Waals surface area contributed by atoms with Gasteiger partial charge in [0.25, 0.3) is 0 Å². The van der Waals surface area contributed by atoms with Gasteiger partial charge in [0.15, 0.2) is 5.65 Å². The monoisotopic (exact) mass is 398 g/mol. The first kappa shape index (κ1) is 17.3. The zero-order chi connectivity index (χ0) is 18.8. The second-order valence-corrected chi connectivity index (χ2v) is 6.54. The van der Waals surface area contributed by atoms with Gasteiger partial charge in [-0.25, -0.2) is 4.79 Å². The summed E-state index contributed by atoms with van der Waals surface area (Å²) in [7, 11) is 0. The number of carbonyl (C=O) groups excluding carboxylic acids is 1. The number of halogens is 2. The Balaban J connectivity index is 1.52. The van der Waals surface area contributed by atoms with Crippen molar-refractivity contribution in [2.24, 2.45) is 0 Å². The normalized spacial score (nSPS) is 10.7. The number of anilines is 2. The lowest BCUT2D eigenvalue weighted by molar-refractivity contribution is 0.262. The van der Waals surface area contributed by atoms with Gasteiger partial charge in [0.1, 0.15) is 6.33 Å². The van der Waals surface area contributed by atoms with Gasteiger partial charge in [0.2, 0.25) is 0 Å². The van der Waals surface area contributed by atoms with Crippen molar-refractivity contribution < 1.29 is 4.79 Å². The van der Waals surface area contributed by atoms with Crippen molar-refractivity contribution in [2.45, 2.75) is 0 Å². The lowest BCUT2D eigenvalue weighted by Crippen LogP contribution is -2.19. The Labute approximate surface area is 163 Å². The largest absolute Gasteiger partial charge is 0.323 e. The van der Waals surface area contributed by atoms with E-state index in [-0.39, 0.29) is 0 Å². The summed E-state index contributed by atoms with van der Waals surface area (Å²) >= 11 is 11.9. The molecule has 0 saturated carbocycles. The van der Waals surface area contributed by atoms with E-state index in [1.165, 1.54) is 6.33 Å². The Morgan fingerprint density at radius 3 is 2.52 bits per heavy atom. The highest BCUT2D eigenvalue weighted by Crippen LogP contribution is 2.24. The SMILES string of the molecule is O=C(Nc1cc(Cl)cc(Cl)c1)Nc1cccc(-c2ccc3nncn3n2)c1. The minimum absolute atomic E-state index is 0.410.